The van der Waals surface area contributed by atoms with E-state index in [0.29, 0.717) is 29.7 Å². The van der Waals surface area contributed by atoms with E-state index >= 15 is 0 Å². The Kier molecular flexibility index (Phi) is 7.75. The number of nitrogens with zero attached hydrogens (tertiary/aromatic N) is 4. The lowest BCUT2D eigenvalue weighted by atomic mass is 10.1. The number of hydrogen-bond acceptors (Lipinski definition) is 6. The molecule has 1 aliphatic rings. The van der Waals surface area contributed by atoms with Crippen LogP contribution in [0.5, 0.6) is 5.75 Å². The molecule has 2 amide bonds. The number of nitrogens with one attached hydrogen (secondary N) is 1. The zero-order valence-electron chi connectivity index (χ0n) is 20.6. The van der Waals surface area contributed by atoms with Gasteiger partial charge in [0.25, 0.3) is 5.91 Å². The topological polar surface area (TPSA) is 89.3 Å². The van der Waals surface area contributed by atoms with E-state index in [0.717, 1.165) is 35.4 Å². The molecule has 8 nitrogen and oxygen atoms in total. The molecule has 0 bridgehead atoms. The lowest BCUT2D eigenvalue weighted by Gasteiger charge is -2.25. The van der Waals surface area contributed by atoms with E-state index in [4.69, 9.17) is 4.74 Å². The number of anilines is 1. The van der Waals surface area contributed by atoms with E-state index in [9.17, 15) is 9.59 Å². The number of aryl methyl sites for hydroxylation is 2. The molecule has 2 heterocycles. The Morgan fingerprint density at radius 3 is 2.71 bits per heavy atom. The van der Waals surface area contributed by atoms with Crippen molar-refractivity contribution < 1.29 is 14.3 Å². The van der Waals surface area contributed by atoms with E-state index in [2.05, 4.69) is 15.5 Å². The van der Waals surface area contributed by atoms with Crippen LogP contribution in [0.15, 0.2) is 47.6 Å². The number of carbonyl (C=O) groups is 2. The molecule has 1 fully saturated rings. The maximum Gasteiger partial charge on any atom is 0.254 e. The van der Waals surface area contributed by atoms with Gasteiger partial charge in [-0.3, -0.25) is 9.59 Å². The molecule has 0 radical (unpaired) electrons. The van der Waals surface area contributed by atoms with Crippen molar-refractivity contribution in [1.29, 1.82) is 0 Å². The molecule has 1 aliphatic heterocycles. The van der Waals surface area contributed by atoms with E-state index in [1.165, 1.54) is 11.8 Å². The lowest BCUT2D eigenvalue weighted by Crippen LogP contribution is -2.32. The summed E-state index contributed by atoms with van der Waals surface area (Å²) in [6.07, 6.45) is 1.76. The summed E-state index contributed by atoms with van der Waals surface area (Å²) in [5.74, 6) is 1.45. The van der Waals surface area contributed by atoms with Crippen LogP contribution in [0.1, 0.15) is 53.1 Å². The SMILES string of the molecule is CCn1c(SCC(=O)Nc2cc(C)ccc2OC)nnc1C1CCCN1C(=O)c1ccccc1C. The van der Waals surface area contributed by atoms with Crippen molar-refractivity contribution >= 4 is 29.3 Å². The molecule has 35 heavy (non-hydrogen) atoms. The first-order valence-corrected chi connectivity index (χ1v) is 12.8. The van der Waals surface area contributed by atoms with Crippen LogP contribution in [0.2, 0.25) is 0 Å². The third kappa shape index (κ3) is 5.35. The maximum absolute atomic E-state index is 13.3. The van der Waals surface area contributed by atoms with Crippen molar-refractivity contribution in [3.63, 3.8) is 0 Å². The molecular formula is C26H31N5O3S. The number of likely N-dealkylation sites (tertiary alicyclic amines) is 1. The molecule has 4 rings (SSSR count). The quantitative estimate of drug-likeness (QED) is 0.460. The van der Waals surface area contributed by atoms with Crippen molar-refractivity contribution in [3.05, 3.63) is 65.0 Å². The molecule has 1 saturated heterocycles. The first-order valence-electron chi connectivity index (χ1n) is 11.8. The second kappa shape index (κ2) is 10.9. The Bertz CT molecular complexity index is 1230. The minimum Gasteiger partial charge on any atom is -0.495 e. The smallest absolute Gasteiger partial charge is 0.254 e. The van der Waals surface area contributed by atoms with Gasteiger partial charge in [-0.1, -0.05) is 36.0 Å². The minimum absolute atomic E-state index is 0.0249. The number of amides is 2. The van der Waals surface area contributed by atoms with Gasteiger partial charge in [-0.05, 0) is 62.9 Å². The normalized spacial score (nSPS) is 15.3. The van der Waals surface area contributed by atoms with E-state index in [-0.39, 0.29) is 23.6 Å². The van der Waals surface area contributed by atoms with Crippen molar-refractivity contribution in [2.24, 2.45) is 0 Å². The minimum atomic E-state index is -0.150. The highest BCUT2D eigenvalue weighted by Gasteiger charge is 2.35. The number of ether oxygens (including phenoxy) is 1. The molecule has 1 atom stereocenters. The molecule has 2 aromatic carbocycles. The highest BCUT2D eigenvalue weighted by atomic mass is 32.2. The first kappa shape index (κ1) is 24.8. The van der Waals surface area contributed by atoms with Crippen molar-refractivity contribution in [3.8, 4) is 5.75 Å². The van der Waals surface area contributed by atoms with Gasteiger partial charge >= 0.3 is 0 Å². The number of aromatic nitrogens is 3. The first-order chi connectivity index (χ1) is 16.9. The summed E-state index contributed by atoms with van der Waals surface area (Å²) in [4.78, 5) is 27.9. The van der Waals surface area contributed by atoms with E-state index in [1.54, 1.807) is 7.11 Å². The van der Waals surface area contributed by atoms with Gasteiger partial charge in [0.15, 0.2) is 11.0 Å². The largest absolute Gasteiger partial charge is 0.495 e. The fraction of sp³-hybridized carbons (Fsp3) is 0.385. The Morgan fingerprint density at radius 1 is 1.17 bits per heavy atom. The van der Waals surface area contributed by atoms with Crippen LogP contribution in [0.25, 0.3) is 0 Å². The standard InChI is InChI=1S/C26H31N5O3S/c1-5-30-24(21-11-8-14-31(21)25(33)19-10-7-6-9-18(19)3)28-29-26(30)35-16-23(32)27-20-15-17(2)12-13-22(20)34-4/h6-7,9-10,12-13,15,21H,5,8,11,14,16H2,1-4H3,(H,27,32). The van der Waals surface area contributed by atoms with Crippen LogP contribution in [-0.2, 0) is 11.3 Å². The molecule has 3 aromatic rings. The van der Waals surface area contributed by atoms with Crippen molar-refractivity contribution in [1.82, 2.24) is 19.7 Å². The Morgan fingerprint density at radius 2 is 1.97 bits per heavy atom. The molecule has 0 spiro atoms. The van der Waals surface area contributed by atoms with Gasteiger partial charge in [0.1, 0.15) is 5.75 Å². The lowest BCUT2D eigenvalue weighted by molar-refractivity contribution is -0.113. The maximum atomic E-state index is 13.3. The molecule has 184 valence electrons. The Hall–Kier alpha value is -3.33. The summed E-state index contributed by atoms with van der Waals surface area (Å²) in [6.45, 7) is 7.29. The Balaban J connectivity index is 1.47. The molecule has 1 unspecified atom stereocenters. The van der Waals surface area contributed by atoms with Crippen LogP contribution in [0, 0.1) is 13.8 Å². The zero-order chi connectivity index (χ0) is 24.9. The number of methoxy groups -OCH3 is 1. The summed E-state index contributed by atoms with van der Waals surface area (Å²) in [7, 11) is 1.58. The molecular weight excluding hydrogens is 462 g/mol. The third-order valence-corrected chi connectivity index (χ3v) is 7.18. The summed E-state index contributed by atoms with van der Waals surface area (Å²) < 4.78 is 7.36. The van der Waals surface area contributed by atoms with Crippen LogP contribution in [-0.4, -0.2) is 50.9 Å². The highest BCUT2D eigenvalue weighted by molar-refractivity contribution is 7.99. The average molecular weight is 494 g/mol. The van der Waals surface area contributed by atoms with E-state index in [1.807, 2.05) is 72.7 Å². The molecule has 0 aliphatic carbocycles. The van der Waals surface area contributed by atoms with Crippen molar-refractivity contribution in [2.75, 3.05) is 24.7 Å². The molecule has 1 aromatic heterocycles. The number of thioether (sulfide) groups is 1. The monoisotopic (exact) mass is 493 g/mol. The zero-order valence-corrected chi connectivity index (χ0v) is 21.4. The average Bonchev–Trinajstić information content (AvgIpc) is 3.49. The van der Waals surface area contributed by atoms with Gasteiger partial charge in [0.2, 0.25) is 5.91 Å². The predicted molar refractivity (Wildman–Crippen MR) is 137 cm³/mol. The fourth-order valence-electron chi connectivity index (χ4n) is 4.43. The summed E-state index contributed by atoms with van der Waals surface area (Å²) in [5, 5.41) is 12.4. The second-order valence-electron chi connectivity index (χ2n) is 8.60. The van der Waals surface area contributed by atoms with E-state index < -0.39 is 0 Å². The summed E-state index contributed by atoms with van der Waals surface area (Å²) in [5.41, 5.74) is 3.37. The molecule has 9 heteroatoms. The molecule has 1 N–H and O–H groups in total. The predicted octanol–water partition coefficient (Wildman–Crippen LogP) is 4.63. The highest BCUT2D eigenvalue weighted by Crippen LogP contribution is 2.34. The summed E-state index contributed by atoms with van der Waals surface area (Å²) >= 11 is 1.34. The van der Waals surface area contributed by atoms with Gasteiger partial charge in [-0.2, -0.15) is 0 Å². The third-order valence-electron chi connectivity index (χ3n) is 6.21. The van der Waals surface area contributed by atoms with Gasteiger partial charge in [-0.25, -0.2) is 0 Å². The van der Waals surface area contributed by atoms with Gasteiger partial charge in [0.05, 0.1) is 24.6 Å². The molecule has 0 saturated carbocycles. The van der Waals surface area contributed by atoms with Gasteiger partial charge in [-0.15, -0.1) is 10.2 Å². The van der Waals surface area contributed by atoms with Crippen molar-refractivity contribution in [2.45, 2.75) is 51.4 Å². The fourth-order valence-corrected chi connectivity index (χ4v) is 5.24. The van der Waals surface area contributed by atoms with Crippen LogP contribution in [0.4, 0.5) is 5.69 Å². The summed E-state index contributed by atoms with van der Waals surface area (Å²) in [6, 6.07) is 13.2. The number of rotatable bonds is 8. The van der Waals surface area contributed by atoms with Crippen LogP contribution < -0.4 is 10.1 Å². The number of hydrogen-bond donors (Lipinski definition) is 1. The second-order valence-corrected chi connectivity index (χ2v) is 9.54. The van der Waals surface area contributed by atoms with Crippen LogP contribution in [0.3, 0.4) is 0 Å². The van der Waals surface area contributed by atoms with Gasteiger partial charge in [0, 0.05) is 18.7 Å². The number of carbonyl (C=O) groups excluding carboxylic acids is 2. The Labute approximate surface area is 210 Å². The van der Waals surface area contributed by atoms with Crippen LogP contribution >= 0.6 is 11.8 Å². The number of benzene rings is 2. The van der Waals surface area contributed by atoms with Gasteiger partial charge < -0.3 is 19.5 Å².